The molecule has 1 aliphatic rings. The summed E-state index contributed by atoms with van der Waals surface area (Å²) in [5, 5.41) is 3.60. The molecule has 110 valence electrons. The van der Waals surface area contributed by atoms with Gasteiger partial charge >= 0.3 is 0 Å². The molecule has 1 amide bonds. The van der Waals surface area contributed by atoms with Crippen molar-refractivity contribution >= 4 is 17.5 Å². The molecule has 0 aliphatic heterocycles. The highest BCUT2D eigenvalue weighted by atomic mass is 35.5. The number of carbonyl (C=O) groups excluding carboxylic acids is 1. The van der Waals surface area contributed by atoms with Crippen LogP contribution in [0.5, 0.6) is 0 Å². The van der Waals surface area contributed by atoms with Crippen LogP contribution in [-0.2, 0) is 0 Å². The largest absolute Gasteiger partial charge is 0.349 e. The number of pyridine rings is 1. The van der Waals surface area contributed by atoms with E-state index in [1.165, 1.54) is 25.5 Å². The smallest absolute Gasteiger partial charge is 0.253 e. The molecule has 1 aromatic rings. The van der Waals surface area contributed by atoms with Crippen LogP contribution in [0.2, 0.25) is 5.15 Å². The van der Waals surface area contributed by atoms with Crippen LogP contribution in [0, 0.1) is 11.3 Å². The number of nitrogens with one attached hydrogen (secondary N) is 1. The molecule has 0 radical (unpaired) electrons. The van der Waals surface area contributed by atoms with Gasteiger partial charge in [-0.3, -0.25) is 4.79 Å². The lowest BCUT2D eigenvalue weighted by atomic mass is 9.69. The van der Waals surface area contributed by atoms with Crippen molar-refractivity contribution in [2.24, 2.45) is 11.3 Å². The van der Waals surface area contributed by atoms with Crippen molar-refractivity contribution in [1.29, 1.82) is 0 Å². The van der Waals surface area contributed by atoms with Gasteiger partial charge in [0.05, 0.1) is 5.56 Å². The fourth-order valence-corrected chi connectivity index (χ4v) is 3.21. The van der Waals surface area contributed by atoms with Gasteiger partial charge in [-0.15, -0.1) is 0 Å². The van der Waals surface area contributed by atoms with Gasteiger partial charge in [-0.1, -0.05) is 45.2 Å². The molecule has 1 N–H and O–H groups in total. The fourth-order valence-electron chi connectivity index (χ4n) is 3.10. The average Bonchev–Trinajstić information content (AvgIpc) is 2.38. The zero-order valence-electron chi connectivity index (χ0n) is 12.4. The third-order valence-corrected chi connectivity index (χ3v) is 4.41. The molecule has 4 heteroatoms. The first-order valence-electron chi connectivity index (χ1n) is 7.30. The summed E-state index contributed by atoms with van der Waals surface area (Å²) in [5.74, 6) is 0.482. The summed E-state index contributed by atoms with van der Waals surface area (Å²) in [6.45, 7) is 6.77. The van der Waals surface area contributed by atoms with Crippen molar-refractivity contribution in [2.45, 2.75) is 52.5 Å². The Morgan fingerprint density at radius 3 is 2.60 bits per heavy atom. The number of carbonyl (C=O) groups is 1. The number of rotatable bonds is 2. The normalized spacial score (nSPS) is 23.4. The second-order valence-electron chi connectivity index (χ2n) is 6.71. The van der Waals surface area contributed by atoms with E-state index in [0.717, 1.165) is 6.42 Å². The molecule has 20 heavy (non-hydrogen) atoms. The number of hydrogen-bond acceptors (Lipinski definition) is 2. The molecule has 2 atom stereocenters. The summed E-state index contributed by atoms with van der Waals surface area (Å²) in [4.78, 5) is 16.3. The van der Waals surface area contributed by atoms with Gasteiger partial charge in [0, 0.05) is 12.2 Å². The summed E-state index contributed by atoms with van der Waals surface area (Å²) in [5.41, 5.74) is 0.795. The zero-order valence-corrected chi connectivity index (χ0v) is 13.2. The fraction of sp³-hybridized carbons (Fsp3) is 0.625. The summed E-state index contributed by atoms with van der Waals surface area (Å²) in [6.07, 6.45) is 6.24. The van der Waals surface area contributed by atoms with Crippen LogP contribution < -0.4 is 5.32 Å². The van der Waals surface area contributed by atoms with E-state index >= 15 is 0 Å². The van der Waals surface area contributed by atoms with Crippen molar-refractivity contribution in [2.75, 3.05) is 0 Å². The van der Waals surface area contributed by atoms with E-state index < -0.39 is 0 Å². The quantitative estimate of drug-likeness (QED) is 0.836. The topological polar surface area (TPSA) is 42.0 Å². The van der Waals surface area contributed by atoms with Crippen LogP contribution in [0.3, 0.4) is 0 Å². The molecule has 3 nitrogen and oxygen atoms in total. The van der Waals surface area contributed by atoms with Crippen molar-refractivity contribution in [3.05, 3.63) is 29.0 Å². The molecule has 0 unspecified atom stereocenters. The highest BCUT2D eigenvalue weighted by Gasteiger charge is 2.34. The molecule has 1 aromatic heterocycles. The van der Waals surface area contributed by atoms with Crippen LogP contribution >= 0.6 is 11.6 Å². The van der Waals surface area contributed by atoms with E-state index in [0.29, 0.717) is 16.6 Å². The van der Waals surface area contributed by atoms with Gasteiger partial charge in [0.15, 0.2) is 0 Å². The van der Waals surface area contributed by atoms with Crippen LogP contribution in [0.4, 0.5) is 0 Å². The first kappa shape index (κ1) is 15.3. The highest BCUT2D eigenvalue weighted by Crippen LogP contribution is 2.38. The summed E-state index contributed by atoms with van der Waals surface area (Å²) in [6, 6.07) is 3.63. The summed E-state index contributed by atoms with van der Waals surface area (Å²) in [7, 11) is 0. The molecule has 2 rings (SSSR count). The van der Waals surface area contributed by atoms with Gasteiger partial charge in [-0.2, -0.15) is 0 Å². The van der Waals surface area contributed by atoms with Gasteiger partial charge in [-0.05, 0) is 36.3 Å². The molecule has 0 saturated heterocycles. The molecule has 0 aromatic carbocycles. The van der Waals surface area contributed by atoms with Gasteiger partial charge in [-0.25, -0.2) is 4.98 Å². The number of hydrogen-bond donors (Lipinski definition) is 1. The monoisotopic (exact) mass is 294 g/mol. The third kappa shape index (κ3) is 3.72. The Hall–Kier alpha value is -1.09. The Bertz CT molecular complexity index is 464. The minimum atomic E-state index is -0.0460. The standard InChI is InChI=1S/C16H23ClN2O/c1-16(2,3)12-6-4-5-7-13(12)19-15(20)11-8-9-14(17)18-10-11/h8-10,12-13H,4-7H2,1-3H3,(H,19,20)/t12-,13+/m0/s1. The minimum Gasteiger partial charge on any atom is -0.349 e. The first-order chi connectivity index (χ1) is 9.38. The molecule has 1 saturated carbocycles. The molecule has 1 aliphatic carbocycles. The lowest BCUT2D eigenvalue weighted by Gasteiger charge is -2.40. The molecule has 0 bridgehead atoms. The maximum atomic E-state index is 12.3. The van der Waals surface area contributed by atoms with E-state index in [-0.39, 0.29) is 17.4 Å². The minimum absolute atomic E-state index is 0.0460. The van der Waals surface area contributed by atoms with E-state index in [9.17, 15) is 4.79 Å². The maximum Gasteiger partial charge on any atom is 0.253 e. The number of amides is 1. The van der Waals surface area contributed by atoms with E-state index in [4.69, 9.17) is 11.6 Å². The van der Waals surface area contributed by atoms with Crippen molar-refractivity contribution in [3.63, 3.8) is 0 Å². The first-order valence-corrected chi connectivity index (χ1v) is 7.68. The van der Waals surface area contributed by atoms with E-state index in [1.54, 1.807) is 12.1 Å². The molecular weight excluding hydrogens is 272 g/mol. The second-order valence-corrected chi connectivity index (χ2v) is 7.09. The van der Waals surface area contributed by atoms with E-state index in [1.807, 2.05) is 0 Å². The lowest BCUT2D eigenvalue weighted by Crippen LogP contribution is -2.46. The van der Waals surface area contributed by atoms with Gasteiger partial charge in [0.25, 0.3) is 5.91 Å². The molecular formula is C16H23ClN2O. The van der Waals surface area contributed by atoms with Crippen LogP contribution in [-0.4, -0.2) is 16.9 Å². The Morgan fingerprint density at radius 2 is 2.00 bits per heavy atom. The lowest BCUT2D eigenvalue weighted by molar-refractivity contribution is 0.0830. The third-order valence-electron chi connectivity index (χ3n) is 4.18. The van der Waals surface area contributed by atoms with Crippen molar-refractivity contribution < 1.29 is 4.79 Å². The number of aromatic nitrogens is 1. The Morgan fingerprint density at radius 1 is 1.30 bits per heavy atom. The van der Waals surface area contributed by atoms with Gasteiger partial charge in [0.2, 0.25) is 0 Å². The number of halogens is 1. The Kier molecular flexibility index (Phi) is 4.69. The van der Waals surface area contributed by atoms with Crippen molar-refractivity contribution in [3.8, 4) is 0 Å². The van der Waals surface area contributed by atoms with E-state index in [2.05, 4.69) is 31.1 Å². The molecule has 1 fully saturated rings. The Balaban J connectivity index is 2.07. The van der Waals surface area contributed by atoms with Crippen molar-refractivity contribution in [1.82, 2.24) is 10.3 Å². The van der Waals surface area contributed by atoms with Gasteiger partial charge < -0.3 is 5.32 Å². The molecule has 1 heterocycles. The van der Waals surface area contributed by atoms with Gasteiger partial charge in [0.1, 0.15) is 5.15 Å². The maximum absolute atomic E-state index is 12.3. The SMILES string of the molecule is CC(C)(C)[C@H]1CCCC[C@H]1NC(=O)c1ccc(Cl)nc1. The zero-order chi connectivity index (χ0) is 14.8. The average molecular weight is 295 g/mol. The summed E-state index contributed by atoms with van der Waals surface area (Å²) >= 11 is 5.75. The van der Waals surface area contributed by atoms with Crippen LogP contribution in [0.25, 0.3) is 0 Å². The van der Waals surface area contributed by atoms with Crippen LogP contribution in [0.15, 0.2) is 18.3 Å². The van der Waals surface area contributed by atoms with Crippen LogP contribution in [0.1, 0.15) is 56.8 Å². The predicted octanol–water partition coefficient (Wildman–Crippen LogP) is 4.07. The predicted molar refractivity (Wildman–Crippen MR) is 81.9 cm³/mol. The molecule has 0 spiro atoms. The Labute approximate surface area is 126 Å². The summed E-state index contributed by atoms with van der Waals surface area (Å²) < 4.78 is 0. The highest BCUT2D eigenvalue weighted by molar-refractivity contribution is 6.29. The second kappa shape index (κ2) is 6.13. The number of nitrogens with zero attached hydrogens (tertiary/aromatic N) is 1.